The number of pyridine rings is 1. The van der Waals surface area contributed by atoms with E-state index in [9.17, 15) is 4.79 Å². The molecule has 0 bridgehead atoms. The molecule has 0 aliphatic heterocycles. The molecule has 0 atom stereocenters. The second-order valence-corrected chi connectivity index (χ2v) is 4.34. The summed E-state index contributed by atoms with van der Waals surface area (Å²) >= 11 is 0. The van der Waals surface area contributed by atoms with Crippen LogP contribution in [-0.4, -0.2) is 16.1 Å². The van der Waals surface area contributed by atoms with Crippen LogP contribution in [0.25, 0.3) is 0 Å². The van der Waals surface area contributed by atoms with Gasteiger partial charge in [-0.3, -0.25) is 4.98 Å². The van der Waals surface area contributed by atoms with E-state index in [1.165, 1.54) is 0 Å². The van der Waals surface area contributed by atoms with Crippen molar-refractivity contribution in [2.45, 2.75) is 39.0 Å². The summed E-state index contributed by atoms with van der Waals surface area (Å²) in [6.07, 6.45) is 3.07. The first-order valence-electron chi connectivity index (χ1n) is 5.35. The Morgan fingerprint density at radius 2 is 2.20 bits per heavy atom. The average molecular weight is 205 g/mol. The molecule has 2 rings (SSSR count). The molecule has 0 aromatic carbocycles. The molecule has 0 spiro atoms. The monoisotopic (exact) mass is 205 g/mol. The van der Waals surface area contributed by atoms with Gasteiger partial charge in [0, 0.05) is 5.69 Å². The Morgan fingerprint density at radius 3 is 2.80 bits per heavy atom. The molecule has 15 heavy (non-hydrogen) atoms. The summed E-state index contributed by atoms with van der Waals surface area (Å²) in [5.74, 6) is -0.692. The van der Waals surface area contributed by atoms with Gasteiger partial charge < -0.3 is 5.11 Å². The molecule has 0 unspecified atom stereocenters. The first-order valence-corrected chi connectivity index (χ1v) is 5.35. The fraction of sp³-hybridized carbons (Fsp3) is 0.500. The highest BCUT2D eigenvalue weighted by Crippen LogP contribution is 2.26. The minimum Gasteiger partial charge on any atom is -0.478 e. The zero-order valence-corrected chi connectivity index (χ0v) is 9.08. The molecule has 3 heteroatoms. The number of fused-ring (bicyclic) bond motifs is 1. The Bertz CT molecular complexity index is 410. The summed E-state index contributed by atoms with van der Waals surface area (Å²) in [4.78, 5) is 15.6. The molecule has 1 aliphatic rings. The van der Waals surface area contributed by atoms with E-state index in [1.807, 2.05) is 19.9 Å². The van der Waals surface area contributed by atoms with Crippen molar-refractivity contribution in [2.24, 2.45) is 0 Å². The van der Waals surface area contributed by atoms with Crippen molar-refractivity contribution in [1.82, 2.24) is 4.98 Å². The second-order valence-electron chi connectivity index (χ2n) is 4.34. The number of rotatable bonds is 2. The zero-order chi connectivity index (χ0) is 11.0. The summed E-state index contributed by atoms with van der Waals surface area (Å²) in [5, 5.41) is 9.11. The number of carbonyl (C=O) groups is 1. The number of carboxylic acids is 1. The van der Waals surface area contributed by atoms with Gasteiger partial charge in [0.25, 0.3) is 0 Å². The highest BCUT2D eigenvalue weighted by Gasteiger charge is 2.20. The Labute approximate surface area is 89.2 Å². The van der Waals surface area contributed by atoms with Crippen molar-refractivity contribution in [3.63, 3.8) is 0 Å². The van der Waals surface area contributed by atoms with E-state index < -0.39 is 5.97 Å². The smallest absolute Gasteiger partial charge is 0.337 e. The van der Waals surface area contributed by atoms with Crippen molar-refractivity contribution >= 4 is 5.97 Å². The number of hydrogen-bond acceptors (Lipinski definition) is 2. The Balaban J connectivity index is 2.57. The lowest BCUT2D eigenvalue weighted by Crippen LogP contribution is -2.09. The molecule has 0 saturated heterocycles. The fourth-order valence-corrected chi connectivity index (χ4v) is 2.10. The number of aromatic nitrogens is 1. The maximum Gasteiger partial charge on any atom is 0.337 e. The SMILES string of the molecule is CC(C)c1nc2c(cc1C(=O)O)CCC2. The maximum absolute atomic E-state index is 11.1. The van der Waals surface area contributed by atoms with Crippen LogP contribution in [0.3, 0.4) is 0 Å². The Morgan fingerprint density at radius 1 is 1.47 bits per heavy atom. The van der Waals surface area contributed by atoms with E-state index in [2.05, 4.69) is 4.98 Å². The normalized spacial score (nSPS) is 14.3. The molecule has 1 aliphatic carbocycles. The second kappa shape index (κ2) is 3.65. The van der Waals surface area contributed by atoms with Gasteiger partial charge in [-0.25, -0.2) is 4.79 Å². The molecule has 0 amide bonds. The van der Waals surface area contributed by atoms with E-state index in [4.69, 9.17) is 5.11 Å². The first-order chi connectivity index (χ1) is 7.09. The van der Waals surface area contributed by atoms with Gasteiger partial charge in [0.15, 0.2) is 0 Å². The molecule has 3 nitrogen and oxygen atoms in total. The molecular weight excluding hydrogens is 190 g/mol. The van der Waals surface area contributed by atoms with Gasteiger partial charge in [-0.1, -0.05) is 13.8 Å². The topological polar surface area (TPSA) is 50.2 Å². The van der Waals surface area contributed by atoms with Crippen molar-refractivity contribution in [2.75, 3.05) is 0 Å². The van der Waals surface area contributed by atoms with Crippen molar-refractivity contribution in [1.29, 1.82) is 0 Å². The standard InChI is InChI=1S/C12H15NO2/c1-7(2)11-9(12(14)15)6-8-4-3-5-10(8)13-11/h6-7H,3-5H2,1-2H3,(H,14,15). The molecule has 1 aromatic heterocycles. The van der Waals surface area contributed by atoms with Crippen molar-refractivity contribution in [3.05, 3.63) is 28.6 Å². The summed E-state index contributed by atoms with van der Waals surface area (Å²) in [6, 6.07) is 1.81. The highest BCUT2D eigenvalue weighted by molar-refractivity contribution is 5.89. The van der Waals surface area contributed by atoms with Gasteiger partial charge in [-0.2, -0.15) is 0 Å². The lowest BCUT2D eigenvalue weighted by atomic mass is 10.0. The first kappa shape index (κ1) is 10.1. The van der Waals surface area contributed by atoms with Crippen molar-refractivity contribution in [3.8, 4) is 0 Å². The minimum atomic E-state index is -0.860. The van der Waals surface area contributed by atoms with Crippen LogP contribution in [0.15, 0.2) is 6.07 Å². The number of nitrogens with zero attached hydrogens (tertiary/aromatic N) is 1. The van der Waals surface area contributed by atoms with Crippen LogP contribution >= 0.6 is 0 Å². The van der Waals surface area contributed by atoms with Gasteiger partial charge in [0.2, 0.25) is 0 Å². The lowest BCUT2D eigenvalue weighted by molar-refractivity contribution is 0.0694. The van der Waals surface area contributed by atoms with Gasteiger partial charge in [0.1, 0.15) is 0 Å². The summed E-state index contributed by atoms with van der Waals surface area (Å²) in [5.41, 5.74) is 3.33. The van der Waals surface area contributed by atoms with Crippen LogP contribution in [0.2, 0.25) is 0 Å². The van der Waals surface area contributed by atoms with Crippen LogP contribution in [0.1, 0.15) is 53.5 Å². The van der Waals surface area contributed by atoms with Gasteiger partial charge in [0.05, 0.1) is 11.3 Å². The van der Waals surface area contributed by atoms with Crippen LogP contribution in [-0.2, 0) is 12.8 Å². The van der Waals surface area contributed by atoms with E-state index >= 15 is 0 Å². The average Bonchev–Trinajstić information content (AvgIpc) is 2.61. The van der Waals surface area contributed by atoms with Crippen LogP contribution in [0.4, 0.5) is 0 Å². The number of aryl methyl sites for hydroxylation is 2. The molecule has 80 valence electrons. The zero-order valence-electron chi connectivity index (χ0n) is 9.08. The van der Waals surface area contributed by atoms with E-state index in [-0.39, 0.29) is 5.92 Å². The Hall–Kier alpha value is -1.38. The molecular formula is C12H15NO2. The minimum absolute atomic E-state index is 0.169. The molecule has 0 radical (unpaired) electrons. The van der Waals surface area contributed by atoms with Crippen LogP contribution in [0.5, 0.6) is 0 Å². The lowest BCUT2D eigenvalue weighted by Gasteiger charge is -2.11. The van der Waals surface area contributed by atoms with E-state index in [1.54, 1.807) is 0 Å². The van der Waals surface area contributed by atoms with Crippen LogP contribution in [0, 0.1) is 0 Å². The summed E-state index contributed by atoms with van der Waals surface area (Å²) in [7, 11) is 0. The molecule has 0 saturated carbocycles. The van der Waals surface area contributed by atoms with Gasteiger partial charge in [-0.05, 0) is 36.8 Å². The number of carboxylic acid groups (broad SMARTS) is 1. The van der Waals surface area contributed by atoms with E-state index in [0.717, 1.165) is 36.2 Å². The van der Waals surface area contributed by atoms with Gasteiger partial charge in [-0.15, -0.1) is 0 Å². The summed E-state index contributed by atoms with van der Waals surface area (Å²) in [6.45, 7) is 3.96. The third kappa shape index (κ3) is 1.74. The quantitative estimate of drug-likeness (QED) is 0.806. The van der Waals surface area contributed by atoms with Gasteiger partial charge >= 0.3 is 5.97 Å². The maximum atomic E-state index is 11.1. The van der Waals surface area contributed by atoms with Crippen LogP contribution < -0.4 is 0 Å². The third-order valence-corrected chi connectivity index (χ3v) is 2.86. The van der Waals surface area contributed by atoms with E-state index in [0.29, 0.717) is 5.56 Å². The highest BCUT2D eigenvalue weighted by atomic mass is 16.4. The third-order valence-electron chi connectivity index (χ3n) is 2.86. The predicted molar refractivity (Wildman–Crippen MR) is 57.3 cm³/mol. The molecule has 1 aromatic rings. The molecule has 1 N–H and O–H groups in total. The Kier molecular flexibility index (Phi) is 2.47. The molecule has 0 fully saturated rings. The summed E-state index contributed by atoms with van der Waals surface area (Å²) < 4.78 is 0. The largest absolute Gasteiger partial charge is 0.478 e. The van der Waals surface area contributed by atoms with Crippen molar-refractivity contribution < 1.29 is 9.90 Å². The fourth-order valence-electron chi connectivity index (χ4n) is 2.10. The molecule has 1 heterocycles. The predicted octanol–water partition coefficient (Wildman–Crippen LogP) is 2.39. The number of aromatic carboxylic acids is 1. The number of hydrogen-bond donors (Lipinski definition) is 1.